The summed E-state index contributed by atoms with van der Waals surface area (Å²) in [6.45, 7) is 1.55. The van der Waals surface area contributed by atoms with Crippen LogP contribution in [0.1, 0.15) is 25.0 Å². The Hall–Kier alpha value is -3.31. The number of hydrogen-bond acceptors (Lipinski definition) is 10. The minimum Gasteiger partial charge on any atom is -0.458 e. The first-order valence-electron chi connectivity index (χ1n) is 11.0. The van der Waals surface area contributed by atoms with E-state index >= 15 is 0 Å². The van der Waals surface area contributed by atoms with Crippen LogP contribution >= 0.6 is 0 Å². The lowest BCUT2D eigenvalue weighted by atomic mass is 9.77. The van der Waals surface area contributed by atoms with Crippen LogP contribution in [-0.4, -0.2) is 63.9 Å². The van der Waals surface area contributed by atoms with Crippen LogP contribution in [0, 0.1) is 0 Å². The number of hydrogen-bond donors (Lipinski definition) is 2. The highest BCUT2D eigenvalue weighted by Gasteiger charge is 2.82. The van der Waals surface area contributed by atoms with Gasteiger partial charge in [-0.15, -0.1) is 0 Å². The molecule has 4 rings (SSSR count). The van der Waals surface area contributed by atoms with Gasteiger partial charge in [0.25, 0.3) is 5.60 Å². The Bertz CT molecular complexity index is 1090. The molecule has 0 amide bonds. The summed E-state index contributed by atoms with van der Waals surface area (Å²) in [5, 5.41) is 21.7. The molecule has 1 spiro atoms. The van der Waals surface area contributed by atoms with Gasteiger partial charge in [-0.25, -0.2) is 14.4 Å². The fraction of sp³-hybridized carbons (Fsp3) is 0.400. The number of cyclic esters (lactones) is 1. The van der Waals surface area contributed by atoms with Crippen LogP contribution in [0.4, 0.5) is 0 Å². The summed E-state index contributed by atoms with van der Waals surface area (Å²) < 4.78 is 27.0. The van der Waals surface area contributed by atoms with Crippen LogP contribution < -0.4 is 0 Å². The quantitative estimate of drug-likeness (QED) is 0.431. The standard InChI is InChI=1S/C25H26O10/c1-23(2)34-18(13-26)25(35-23)22(29)33-19(20(27)31-14-16-9-5-3-6-10-16)24(25,30)21(28)32-15-17-11-7-4-8-12-17/h3-12,18-19,26,30H,13-15H2,1-2H3/t18-,19-,24-,25+/m1/s1. The van der Waals surface area contributed by atoms with Crippen LogP contribution in [0.5, 0.6) is 0 Å². The number of carbonyl (C=O) groups excluding carboxylic acids is 3. The molecule has 2 heterocycles. The van der Waals surface area contributed by atoms with Gasteiger partial charge in [-0.3, -0.25) is 0 Å². The van der Waals surface area contributed by atoms with Crippen molar-refractivity contribution in [3.63, 3.8) is 0 Å². The van der Waals surface area contributed by atoms with Crippen molar-refractivity contribution in [3.05, 3.63) is 71.8 Å². The Labute approximate surface area is 201 Å². The van der Waals surface area contributed by atoms with Crippen LogP contribution in [0.3, 0.4) is 0 Å². The highest BCUT2D eigenvalue weighted by atomic mass is 16.8. The second-order valence-corrected chi connectivity index (χ2v) is 8.73. The normalized spacial score (nSPS) is 29.1. The maximum atomic E-state index is 13.4. The fourth-order valence-electron chi connectivity index (χ4n) is 4.31. The average Bonchev–Trinajstić information content (AvgIpc) is 3.28. The van der Waals surface area contributed by atoms with Gasteiger partial charge in [-0.2, -0.15) is 0 Å². The van der Waals surface area contributed by atoms with Crippen molar-refractivity contribution < 1.29 is 48.3 Å². The molecule has 0 aromatic heterocycles. The topological polar surface area (TPSA) is 138 Å². The number of aliphatic hydroxyl groups is 2. The molecule has 2 aliphatic heterocycles. The Morgan fingerprint density at radius 3 is 2.03 bits per heavy atom. The Morgan fingerprint density at radius 2 is 1.49 bits per heavy atom. The van der Waals surface area contributed by atoms with E-state index in [0.717, 1.165) is 0 Å². The van der Waals surface area contributed by atoms with Crippen LogP contribution in [0.2, 0.25) is 0 Å². The molecule has 2 fully saturated rings. The maximum Gasteiger partial charge on any atom is 0.351 e. The molecule has 10 nitrogen and oxygen atoms in total. The lowest BCUT2D eigenvalue weighted by Crippen LogP contribution is -2.69. The van der Waals surface area contributed by atoms with Crippen molar-refractivity contribution in [2.45, 2.75) is 56.3 Å². The van der Waals surface area contributed by atoms with E-state index in [9.17, 15) is 24.6 Å². The van der Waals surface area contributed by atoms with Crippen LogP contribution in [0.25, 0.3) is 0 Å². The van der Waals surface area contributed by atoms with Gasteiger partial charge >= 0.3 is 17.9 Å². The average molecular weight is 486 g/mol. The zero-order valence-electron chi connectivity index (χ0n) is 19.2. The van der Waals surface area contributed by atoms with Gasteiger partial charge < -0.3 is 33.9 Å². The van der Waals surface area contributed by atoms with Crippen molar-refractivity contribution in [2.24, 2.45) is 0 Å². The molecule has 0 aliphatic carbocycles. The zero-order chi connectivity index (χ0) is 25.3. The maximum absolute atomic E-state index is 13.4. The minimum atomic E-state index is -3.02. The molecular weight excluding hydrogens is 460 g/mol. The SMILES string of the molecule is CC1(C)O[C@H](CO)[C@]2(O1)C(=O)O[C@H](C(=O)OCc1ccccc1)[C@@]2(O)C(=O)OCc1ccccc1. The molecule has 0 saturated carbocycles. The lowest BCUT2D eigenvalue weighted by molar-refractivity contribution is -0.221. The van der Waals surface area contributed by atoms with Crippen LogP contribution in [-0.2, 0) is 51.3 Å². The molecule has 0 bridgehead atoms. The number of rotatable bonds is 7. The summed E-state index contributed by atoms with van der Waals surface area (Å²) in [5.41, 5.74) is -4.37. The molecule has 35 heavy (non-hydrogen) atoms. The first-order chi connectivity index (χ1) is 16.6. The van der Waals surface area contributed by atoms with Crippen molar-refractivity contribution in [2.75, 3.05) is 6.61 Å². The summed E-state index contributed by atoms with van der Waals surface area (Å²) in [4.78, 5) is 39.5. The van der Waals surface area contributed by atoms with E-state index in [2.05, 4.69) is 0 Å². The molecule has 2 aliphatic rings. The summed E-state index contributed by atoms with van der Waals surface area (Å²) in [6.07, 6.45) is -3.67. The van der Waals surface area contributed by atoms with Crippen molar-refractivity contribution in [3.8, 4) is 0 Å². The molecule has 2 N–H and O–H groups in total. The van der Waals surface area contributed by atoms with E-state index in [4.69, 9.17) is 23.7 Å². The van der Waals surface area contributed by atoms with Gasteiger partial charge in [0.15, 0.2) is 5.79 Å². The predicted octanol–water partition coefficient (Wildman–Crippen LogP) is 1.01. The highest BCUT2D eigenvalue weighted by Crippen LogP contribution is 2.51. The summed E-state index contributed by atoms with van der Waals surface area (Å²) in [7, 11) is 0. The van der Waals surface area contributed by atoms with Crippen molar-refractivity contribution >= 4 is 17.9 Å². The number of benzene rings is 2. The number of carbonyl (C=O) groups is 3. The second-order valence-electron chi connectivity index (χ2n) is 8.73. The molecule has 186 valence electrons. The van der Waals surface area contributed by atoms with Gasteiger partial charge in [-0.05, 0) is 25.0 Å². The zero-order valence-corrected chi connectivity index (χ0v) is 19.2. The van der Waals surface area contributed by atoms with Crippen molar-refractivity contribution in [1.82, 2.24) is 0 Å². The Kier molecular flexibility index (Phi) is 6.65. The summed E-state index contributed by atoms with van der Waals surface area (Å²) >= 11 is 0. The van der Waals surface area contributed by atoms with E-state index in [-0.39, 0.29) is 13.2 Å². The molecule has 4 atom stereocenters. The number of aliphatic hydroxyl groups excluding tert-OH is 1. The van der Waals surface area contributed by atoms with E-state index in [0.29, 0.717) is 11.1 Å². The first kappa shape index (κ1) is 24.8. The van der Waals surface area contributed by atoms with Gasteiger partial charge in [-0.1, -0.05) is 60.7 Å². The Balaban J connectivity index is 1.67. The molecule has 0 unspecified atom stereocenters. The van der Waals surface area contributed by atoms with E-state index in [1.54, 1.807) is 60.7 Å². The van der Waals surface area contributed by atoms with Gasteiger partial charge in [0.2, 0.25) is 11.7 Å². The molecule has 2 aromatic rings. The Morgan fingerprint density at radius 1 is 0.943 bits per heavy atom. The van der Waals surface area contributed by atoms with Crippen molar-refractivity contribution in [1.29, 1.82) is 0 Å². The number of ether oxygens (including phenoxy) is 5. The largest absolute Gasteiger partial charge is 0.458 e. The fourth-order valence-corrected chi connectivity index (χ4v) is 4.31. The van der Waals surface area contributed by atoms with Gasteiger partial charge in [0.1, 0.15) is 19.3 Å². The second kappa shape index (κ2) is 9.38. The lowest BCUT2D eigenvalue weighted by Gasteiger charge is -2.36. The molecular formula is C25H26O10. The summed E-state index contributed by atoms with van der Waals surface area (Å²) in [5.74, 6) is -5.33. The smallest absolute Gasteiger partial charge is 0.351 e. The molecule has 10 heteroatoms. The third kappa shape index (κ3) is 4.30. The monoisotopic (exact) mass is 486 g/mol. The number of esters is 3. The van der Waals surface area contributed by atoms with Crippen LogP contribution in [0.15, 0.2) is 60.7 Å². The first-order valence-corrected chi connectivity index (χ1v) is 11.0. The minimum absolute atomic E-state index is 0.206. The van der Waals surface area contributed by atoms with E-state index < -0.39 is 53.7 Å². The molecule has 2 saturated heterocycles. The predicted molar refractivity (Wildman–Crippen MR) is 117 cm³/mol. The van der Waals surface area contributed by atoms with E-state index in [1.807, 2.05) is 0 Å². The van der Waals surface area contributed by atoms with Gasteiger partial charge in [0, 0.05) is 0 Å². The highest BCUT2D eigenvalue weighted by molar-refractivity contribution is 6.03. The molecule has 2 aromatic carbocycles. The summed E-state index contributed by atoms with van der Waals surface area (Å²) in [6, 6.07) is 17.3. The van der Waals surface area contributed by atoms with Gasteiger partial charge in [0.05, 0.1) is 6.61 Å². The third-order valence-corrected chi connectivity index (χ3v) is 5.89. The van der Waals surface area contributed by atoms with E-state index in [1.165, 1.54) is 13.8 Å². The molecule has 0 radical (unpaired) electrons. The third-order valence-electron chi connectivity index (χ3n) is 5.89.